The van der Waals surface area contributed by atoms with E-state index >= 15 is 0 Å². The first kappa shape index (κ1) is 14.2. The number of halogens is 1. The number of rotatable bonds is 5. The third-order valence-electron chi connectivity index (χ3n) is 3.90. The quantitative estimate of drug-likeness (QED) is 0.734. The molecule has 3 heteroatoms. The molecule has 0 bridgehead atoms. The number of benzene rings is 2. The average molecular weight is 299 g/mol. The zero-order valence-corrected chi connectivity index (χ0v) is 12.8. The van der Waals surface area contributed by atoms with Gasteiger partial charge in [0.1, 0.15) is 0 Å². The average Bonchev–Trinajstić information content (AvgIpc) is 2.93. The van der Waals surface area contributed by atoms with Crippen molar-refractivity contribution in [2.45, 2.75) is 12.5 Å². The molecule has 1 atom stereocenters. The lowest BCUT2D eigenvalue weighted by Crippen LogP contribution is -2.17. The maximum absolute atomic E-state index is 6.43. The molecule has 0 aliphatic carbocycles. The molecular formula is C18H19ClN2. The van der Waals surface area contributed by atoms with Gasteiger partial charge in [0, 0.05) is 16.7 Å². The van der Waals surface area contributed by atoms with Crippen LogP contribution in [0.15, 0.2) is 60.8 Å². The summed E-state index contributed by atoms with van der Waals surface area (Å²) in [6.07, 6.45) is 3.16. The van der Waals surface area contributed by atoms with Gasteiger partial charge in [-0.05, 0) is 49.2 Å². The summed E-state index contributed by atoms with van der Waals surface area (Å²) in [6.45, 7) is 0.947. The Morgan fingerprint density at radius 1 is 1.05 bits per heavy atom. The number of hydrogen-bond donors (Lipinski definition) is 1. The lowest BCUT2D eigenvalue weighted by molar-refractivity contribution is 0.539. The van der Waals surface area contributed by atoms with Crippen molar-refractivity contribution in [3.05, 3.63) is 71.4 Å². The van der Waals surface area contributed by atoms with Crippen LogP contribution in [0.1, 0.15) is 18.0 Å². The molecule has 2 nitrogen and oxygen atoms in total. The van der Waals surface area contributed by atoms with Gasteiger partial charge in [-0.25, -0.2) is 0 Å². The van der Waals surface area contributed by atoms with Crippen molar-refractivity contribution in [1.82, 2.24) is 9.88 Å². The monoisotopic (exact) mass is 298 g/mol. The van der Waals surface area contributed by atoms with E-state index < -0.39 is 0 Å². The molecule has 1 aromatic heterocycles. The van der Waals surface area contributed by atoms with Gasteiger partial charge in [0.25, 0.3) is 0 Å². The van der Waals surface area contributed by atoms with Crippen LogP contribution < -0.4 is 5.32 Å². The van der Waals surface area contributed by atoms with Gasteiger partial charge in [-0.1, -0.05) is 48.0 Å². The van der Waals surface area contributed by atoms with Crippen LogP contribution in [0.2, 0.25) is 5.02 Å². The Hall–Kier alpha value is -1.77. The molecule has 0 saturated heterocycles. The van der Waals surface area contributed by atoms with Crippen LogP contribution >= 0.6 is 11.6 Å². The molecule has 0 aliphatic heterocycles. The lowest BCUT2D eigenvalue weighted by atomic mass is 10.0. The summed E-state index contributed by atoms with van der Waals surface area (Å²) >= 11 is 6.43. The van der Waals surface area contributed by atoms with E-state index in [0.29, 0.717) is 0 Å². The van der Waals surface area contributed by atoms with Crippen molar-refractivity contribution in [2.75, 3.05) is 13.6 Å². The number of nitrogens with zero attached hydrogens (tertiary/aromatic N) is 1. The van der Waals surface area contributed by atoms with Gasteiger partial charge in [-0.15, -0.1) is 0 Å². The van der Waals surface area contributed by atoms with Crippen LogP contribution in [0.3, 0.4) is 0 Å². The maximum atomic E-state index is 6.43. The zero-order chi connectivity index (χ0) is 14.7. The second-order valence-corrected chi connectivity index (χ2v) is 5.62. The Morgan fingerprint density at radius 2 is 1.81 bits per heavy atom. The first-order valence-corrected chi connectivity index (χ1v) is 7.63. The van der Waals surface area contributed by atoms with Gasteiger partial charge in [0.2, 0.25) is 0 Å². The highest BCUT2D eigenvalue weighted by Gasteiger charge is 2.17. The Morgan fingerprint density at radius 3 is 2.62 bits per heavy atom. The highest BCUT2D eigenvalue weighted by Crippen LogP contribution is 2.31. The van der Waals surface area contributed by atoms with Gasteiger partial charge in [-0.2, -0.15) is 0 Å². The van der Waals surface area contributed by atoms with E-state index in [1.165, 1.54) is 16.5 Å². The maximum Gasteiger partial charge on any atom is 0.0612 e. The van der Waals surface area contributed by atoms with Crippen molar-refractivity contribution < 1.29 is 0 Å². The molecule has 0 spiro atoms. The van der Waals surface area contributed by atoms with Gasteiger partial charge >= 0.3 is 0 Å². The van der Waals surface area contributed by atoms with Crippen molar-refractivity contribution in [2.24, 2.45) is 0 Å². The summed E-state index contributed by atoms with van der Waals surface area (Å²) in [5.74, 6) is 0. The van der Waals surface area contributed by atoms with E-state index in [2.05, 4.69) is 58.5 Å². The molecule has 3 aromatic rings. The summed E-state index contributed by atoms with van der Waals surface area (Å²) in [5, 5.41) is 5.33. The van der Waals surface area contributed by atoms with Crippen molar-refractivity contribution in [3.63, 3.8) is 0 Å². The normalized spacial score (nSPS) is 12.7. The Bertz CT molecular complexity index is 733. The summed E-state index contributed by atoms with van der Waals surface area (Å²) in [7, 11) is 1.98. The van der Waals surface area contributed by atoms with Crippen LogP contribution in [0.25, 0.3) is 10.9 Å². The fourth-order valence-corrected chi connectivity index (χ4v) is 3.11. The summed E-state index contributed by atoms with van der Waals surface area (Å²) in [6, 6.07) is 19.0. The van der Waals surface area contributed by atoms with Crippen LogP contribution in [0.5, 0.6) is 0 Å². The van der Waals surface area contributed by atoms with E-state index in [1.807, 2.05) is 19.2 Å². The van der Waals surface area contributed by atoms with Gasteiger partial charge in [0.05, 0.1) is 6.04 Å². The molecule has 108 valence electrons. The van der Waals surface area contributed by atoms with Crippen LogP contribution in [-0.4, -0.2) is 18.2 Å². The van der Waals surface area contributed by atoms with Crippen LogP contribution in [0, 0.1) is 0 Å². The predicted octanol–water partition coefficient (Wildman–Crippen LogP) is 4.49. The third kappa shape index (κ3) is 2.82. The second-order valence-electron chi connectivity index (χ2n) is 5.21. The largest absolute Gasteiger partial charge is 0.340 e. The van der Waals surface area contributed by atoms with Crippen molar-refractivity contribution in [1.29, 1.82) is 0 Å². The number of fused-ring (bicyclic) bond motifs is 1. The molecule has 1 N–H and O–H groups in total. The van der Waals surface area contributed by atoms with E-state index in [1.54, 1.807) is 0 Å². The minimum atomic E-state index is 0.242. The highest BCUT2D eigenvalue weighted by atomic mass is 35.5. The number of nitrogens with one attached hydrogen (secondary N) is 1. The van der Waals surface area contributed by atoms with Gasteiger partial charge in [0.15, 0.2) is 0 Å². The minimum Gasteiger partial charge on any atom is -0.340 e. The number of aromatic nitrogens is 1. The standard InChI is InChI=1S/C18H19ClN2/c1-20-12-10-18(15-7-3-4-8-16(15)19)21-13-11-14-6-2-5-9-17(14)21/h2-9,11,13,18,20H,10,12H2,1H3. The second kappa shape index (κ2) is 6.33. The number of para-hydroxylation sites is 1. The number of hydrogen-bond acceptors (Lipinski definition) is 1. The van der Waals surface area contributed by atoms with E-state index in [9.17, 15) is 0 Å². The smallest absolute Gasteiger partial charge is 0.0612 e. The molecule has 1 unspecified atom stereocenters. The predicted molar refractivity (Wildman–Crippen MR) is 90.1 cm³/mol. The summed E-state index contributed by atoms with van der Waals surface area (Å²) in [4.78, 5) is 0. The molecule has 0 amide bonds. The topological polar surface area (TPSA) is 17.0 Å². The van der Waals surface area contributed by atoms with Gasteiger partial charge < -0.3 is 9.88 Å². The Labute approximate surface area is 130 Å². The zero-order valence-electron chi connectivity index (χ0n) is 12.1. The van der Waals surface area contributed by atoms with E-state index in [0.717, 1.165) is 18.0 Å². The molecule has 0 saturated carbocycles. The molecule has 0 fully saturated rings. The molecule has 0 radical (unpaired) electrons. The fourth-order valence-electron chi connectivity index (χ4n) is 2.85. The van der Waals surface area contributed by atoms with Crippen LogP contribution in [-0.2, 0) is 0 Å². The molecule has 2 aromatic carbocycles. The molecule has 1 heterocycles. The highest BCUT2D eigenvalue weighted by molar-refractivity contribution is 6.31. The molecule has 3 rings (SSSR count). The van der Waals surface area contributed by atoms with E-state index in [4.69, 9.17) is 11.6 Å². The Kier molecular flexibility index (Phi) is 4.28. The third-order valence-corrected chi connectivity index (χ3v) is 4.24. The first-order chi connectivity index (χ1) is 10.3. The fraction of sp³-hybridized carbons (Fsp3) is 0.222. The van der Waals surface area contributed by atoms with Crippen molar-refractivity contribution >= 4 is 22.5 Å². The lowest BCUT2D eigenvalue weighted by Gasteiger charge is -2.22. The molecular weight excluding hydrogens is 280 g/mol. The van der Waals surface area contributed by atoms with Gasteiger partial charge in [-0.3, -0.25) is 0 Å². The molecule has 21 heavy (non-hydrogen) atoms. The Balaban J connectivity index is 2.09. The van der Waals surface area contributed by atoms with Crippen molar-refractivity contribution in [3.8, 4) is 0 Å². The summed E-state index contributed by atoms with van der Waals surface area (Å²) < 4.78 is 2.33. The SMILES string of the molecule is CNCCC(c1ccccc1Cl)n1ccc2ccccc21. The summed E-state index contributed by atoms with van der Waals surface area (Å²) in [5.41, 5.74) is 2.43. The van der Waals surface area contributed by atoms with Crippen LogP contribution in [0.4, 0.5) is 0 Å². The minimum absolute atomic E-state index is 0.242. The van der Waals surface area contributed by atoms with E-state index in [-0.39, 0.29) is 6.04 Å². The molecule has 0 aliphatic rings. The first-order valence-electron chi connectivity index (χ1n) is 7.26.